The predicted octanol–water partition coefficient (Wildman–Crippen LogP) is 2.02. The molecule has 0 spiro atoms. The fourth-order valence-corrected chi connectivity index (χ4v) is 3.11. The molecule has 24 heavy (non-hydrogen) atoms. The average molecular weight is 338 g/mol. The minimum absolute atomic E-state index is 0.0109. The van der Waals surface area contributed by atoms with Crippen LogP contribution in [0.4, 0.5) is 8.78 Å². The molecule has 1 aromatic carbocycles. The third kappa shape index (κ3) is 4.29. The third-order valence-corrected chi connectivity index (χ3v) is 4.62. The normalized spacial score (nSPS) is 23.0. The summed E-state index contributed by atoms with van der Waals surface area (Å²) in [5, 5.41) is 11.8. The highest BCUT2D eigenvalue weighted by molar-refractivity contribution is 5.94. The summed E-state index contributed by atoms with van der Waals surface area (Å²) in [6.45, 7) is 0.795. The molecule has 0 bridgehead atoms. The Bertz CT molecular complexity index is 622. The fraction of sp³-hybridized carbons (Fsp3) is 0.529. The van der Waals surface area contributed by atoms with E-state index in [4.69, 9.17) is 5.11 Å². The van der Waals surface area contributed by atoms with Gasteiger partial charge in [0, 0.05) is 30.3 Å². The lowest BCUT2D eigenvalue weighted by Gasteiger charge is -2.42. The van der Waals surface area contributed by atoms with E-state index in [0.717, 1.165) is 37.6 Å². The number of hydrogen-bond acceptors (Lipinski definition) is 3. The van der Waals surface area contributed by atoms with Crippen molar-refractivity contribution in [2.75, 3.05) is 13.1 Å². The van der Waals surface area contributed by atoms with E-state index in [1.165, 1.54) is 0 Å². The molecule has 7 heteroatoms. The zero-order chi connectivity index (χ0) is 17.3. The first kappa shape index (κ1) is 16.8. The number of carboxylic acids is 1. The van der Waals surface area contributed by atoms with E-state index in [1.807, 2.05) is 4.90 Å². The molecule has 0 radical (unpaired) electrons. The van der Waals surface area contributed by atoms with Crippen molar-refractivity contribution >= 4 is 11.9 Å². The fourth-order valence-electron chi connectivity index (χ4n) is 3.11. The maximum Gasteiger partial charge on any atom is 0.317 e. The Kier molecular flexibility index (Phi) is 4.80. The molecule has 2 fully saturated rings. The van der Waals surface area contributed by atoms with Gasteiger partial charge in [0.05, 0.1) is 6.54 Å². The van der Waals surface area contributed by atoms with Gasteiger partial charge in [-0.05, 0) is 43.7 Å². The zero-order valence-electron chi connectivity index (χ0n) is 13.2. The minimum Gasteiger partial charge on any atom is -0.480 e. The molecule has 0 saturated heterocycles. The van der Waals surface area contributed by atoms with Crippen LogP contribution in [0.25, 0.3) is 0 Å². The second kappa shape index (κ2) is 6.84. The maximum absolute atomic E-state index is 13.2. The summed E-state index contributed by atoms with van der Waals surface area (Å²) >= 11 is 0. The number of rotatable bonds is 7. The minimum atomic E-state index is -0.849. The Labute approximate surface area is 138 Å². The van der Waals surface area contributed by atoms with Crippen LogP contribution in [-0.2, 0) is 4.79 Å². The maximum atomic E-state index is 13.2. The van der Waals surface area contributed by atoms with E-state index in [9.17, 15) is 18.4 Å². The predicted molar refractivity (Wildman–Crippen MR) is 82.6 cm³/mol. The highest BCUT2D eigenvalue weighted by Crippen LogP contribution is 2.33. The number of halogens is 2. The first-order valence-electron chi connectivity index (χ1n) is 8.13. The van der Waals surface area contributed by atoms with Crippen molar-refractivity contribution in [1.82, 2.24) is 10.2 Å². The van der Waals surface area contributed by atoms with Crippen molar-refractivity contribution in [3.8, 4) is 0 Å². The third-order valence-electron chi connectivity index (χ3n) is 4.62. The van der Waals surface area contributed by atoms with Crippen molar-refractivity contribution in [1.29, 1.82) is 0 Å². The molecular formula is C17H20F2N2O3. The van der Waals surface area contributed by atoms with Crippen molar-refractivity contribution in [3.63, 3.8) is 0 Å². The van der Waals surface area contributed by atoms with E-state index in [1.54, 1.807) is 0 Å². The van der Waals surface area contributed by atoms with Gasteiger partial charge >= 0.3 is 5.97 Å². The second-order valence-electron chi connectivity index (χ2n) is 6.72. The van der Waals surface area contributed by atoms with Crippen LogP contribution in [0.15, 0.2) is 18.2 Å². The SMILES string of the molecule is O=C(O)CN(CC1CC1)C1CC(NC(=O)c2cc(F)cc(F)c2)C1. The van der Waals surface area contributed by atoms with Crippen LogP contribution in [0.1, 0.15) is 36.0 Å². The topological polar surface area (TPSA) is 69.6 Å². The molecule has 0 heterocycles. The molecule has 5 nitrogen and oxygen atoms in total. The van der Waals surface area contributed by atoms with Gasteiger partial charge in [0.25, 0.3) is 5.91 Å². The highest BCUT2D eigenvalue weighted by atomic mass is 19.1. The van der Waals surface area contributed by atoms with Gasteiger partial charge in [-0.1, -0.05) is 0 Å². The molecule has 2 N–H and O–H groups in total. The summed E-state index contributed by atoms with van der Waals surface area (Å²) in [6.07, 6.45) is 3.61. The lowest BCUT2D eigenvalue weighted by molar-refractivity contribution is -0.139. The molecule has 0 aliphatic heterocycles. The number of hydrogen-bond donors (Lipinski definition) is 2. The van der Waals surface area contributed by atoms with E-state index in [-0.39, 0.29) is 24.2 Å². The van der Waals surface area contributed by atoms with Gasteiger partial charge in [0.2, 0.25) is 0 Å². The van der Waals surface area contributed by atoms with E-state index < -0.39 is 23.5 Å². The molecule has 2 aliphatic rings. The van der Waals surface area contributed by atoms with E-state index >= 15 is 0 Å². The van der Waals surface area contributed by atoms with Crippen LogP contribution in [0, 0.1) is 17.6 Å². The van der Waals surface area contributed by atoms with Gasteiger partial charge in [-0.2, -0.15) is 0 Å². The molecular weight excluding hydrogens is 318 g/mol. The number of amides is 1. The number of benzene rings is 1. The van der Waals surface area contributed by atoms with Gasteiger partial charge in [-0.15, -0.1) is 0 Å². The van der Waals surface area contributed by atoms with Crippen LogP contribution in [0.3, 0.4) is 0 Å². The number of carbonyl (C=O) groups excluding carboxylic acids is 1. The smallest absolute Gasteiger partial charge is 0.317 e. The molecule has 1 amide bonds. The molecule has 0 aromatic heterocycles. The highest BCUT2D eigenvalue weighted by Gasteiger charge is 2.37. The summed E-state index contributed by atoms with van der Waals surface area (Å²) in [4.78, 5) is 25.0. The average Bonchev–Trinajstić information content (AvgIpc) is 3.23. The molecule has 0 unspecified atom stereocenters. The van der Waals surface area contributed by atoms with E-state index in [0.29, 0.717) is 18.8 Å². The Hall–Kier alpha value is -2.02. The molecule has 0 atom stereocenters. The number of carboxylic acid groups (broad SMARTS) is 1. The lowest BCUT2D eigenvalue weighted by Crippen LogP contribution is -2.55. The zero-order valence-corrected chi connectivity index (χ0v) is 13.2. The monoisotopic (exact) mass is 338 g/mol. The first-order chi connectivity index (χ1) is 11.4. The largest absolute Gasteiger partial charge is 0.480 e. The van der Waals surface area contributed by atoms with Crippen molar-refractivity contribution in [2.24, 2.45) is 5.92 Å². The quantitative estimate of drug-likeness (QED) is 0.798. The summed E-state index contributed by atoms with van der Waals surface area (Å²) in [6, 6.07) is 2.76. The Morgan fingerprint density at radius 3 is 2.33 bits per heavy atom. The van der Waals surface area contributed by atoms with E-state index in [2.05, 4.69) is 5.32 Å². The molecule has 2 saturated carbocycles. The Morgan fingerprint density at radius 1 is 1.17 bits per heavy atom. The summed E-state index contributed by atoms with van der Waals surface area (Å²) in [7, 11) is 0. The van der Waals surface area contributed by atoms with Gasteiger partial charge in [-0.25, -0.2) is 8.78 Å². The van der Waals surface area contributed by atoms with Gasteiger partial charge in [0.1, 0.15) is 11.6 Å². The standard InChI is InChI=1S/C17H20F2N2O3/c18-12-3-11(4-13(19)5-12)17(24)20-14-6-15(7-14)21(9-16(22)23)8-10-1-2-10/h3-5,10,14-15H,1-2,6-9H2,(H,20,24)(H,22,23). The van der Waals surface area contributed by atoms with Crippen molar-refractivity contribution in [3.05, 3.63) is 35.4 Å². The number of nitrogens with one attached hydrogen (secondary N) is 1. The summed E-state index contributed by atoms with van der Waals surface area (Å²) in [5.74, 6) is -2.34. The summed E-state index contributed by atoms with van der Waals surface area (Å²) < 4.78 is 26.3. The molecule has 130 valence electrons. The Balaban J connectivity index is 1.51. The number of nitrogens with zero attached hydrogens (tertiary/aromatic N) is 1. The van der Waals surface area contributed by atoms with Gasteiger partial charge in [0.15, 0.2) is 0 Å². The van der Waals surface area contributed by atoms with Crippen LogP contribution in [-0.4, -0.2) is 47.1 Å². The second-order valence-corrected chi connectivity index (χ2v) is 6.72. The summed E-state index contributed by atoms with van der Waals surface area (Å²) in [5.41, 5.74) is -0.0451. The first-order valence-corrected chi connectivity index (χ1v) is 8.13. The van der Waals surface area contributed by atoms with Crippen LogP contribution in [0.2, 0.25) is 0 Å². The number of carbonyl (C=O) groups is 2. The van der Waals surface area contributed by atoms with Crippen LogP contribution in [0.5, 0.6) is 0 Å². The Morgan fingerprint density at radius 2 is 1.79 bits per heavy atom. The van der Waals surface area contributed by atoms with Gasteiger partial charge in [-0.3, -0.25) is 14.5 Å². The van der Waals surface area contributed by atoms with Gasteiger partial charge < -0.3 is 10.4 Å². The lowest BCUT2D eigenvalue weighted by atomic mass is 9.85. The van der Waals surface area contributed by atoms with Crippen LogP contribution < -0.4 is 5.32 Å². The van der Waals surface area contributed by atoms with Crippen molar-refractivity contribution in [2.45, 2.75) is 37.8 Å². The molecule has 1 aromatic rings. The molecule has 2 aliphatic carbocycles. The van der Waals surface area contributed by atoms with Crippen molar-refractivity contribution < 1.29 is 23.5 Å². The van der Waals surface area contributed by atoms with Crippen LogP contribution >= 0.6 is 0 Å². The molecule has 3 rings (SSSR count). The number of aliphatic carboxylic acids is 1.